The highest BCUT2D eigenvalue weighted by Gasteiger charge is 2.39. The number of hydrogen-bond donors (Lipinski definition) is 1. The molecule has 29 heavy (non-hydrogen) atoms. The van der Waals surface area contributed by atoms with Gasteiger partial charge in [0.25, 0.3) is 5.91 Å². The van der Waals surface area contributed by atoms with Crippen LogP contribution in [0.5, 0.6) is 0 Å². The van der Waals surface area contributed by atoms with Gasteiger partial charge in [-0.05, 0) is 38.8 Å². The number of benzene rings is 1. The van der Waals surface area contributed by atoms with E-state index in [9.17, 15) is 18.0 Å². The van der Waals surface area contributed by atoms with Gasteiger partial charge in [-0.25, -0.2) is 13.2 Å². The number of nitrogens with one attached hydrogen (secondary N) is 1. The molecule has 1 N–H and O–H groups in total. The smallest absolute Gasteiger partial charge is 0.340 e. The Hall–Kier alpha value is -2.61. The minimum atomic E-state index is -3.13. The van der Waals surface area contributed by atoms with Crippen LogP contribution in [0, 0.1) is 13.8 Å². The zero-order valence-electron chi connectivity index (χ0n) is 16.9. The van der Waals surface area contributed by atoms with E-state index in [0.717, 1.165) is 17.0 Å². The molecule has 0 aliphatic carbocycles. The summed E-state index contributed by atoms with van der Waals surface area (Å²) in [6, 6.07) is 11.7. The summed E-state index contributed by atoms with van der Waals surface area (Å²) >= 11 is 0. The average molecular weight is 419 g/mol. The third-order valence-electron chi connectivity index (χ3n) is 5.26. The van der Waals surface area contributed by atoms with Crippen LogP contribution in [0.15, 0.2) is 36.4 Å². The van der Waals surface area contributed by atoms with Crippen molar-refractivity contribution in [2.45, 2.75) is 39.3 Å². The molecule has 1 aliphatic rings. The molecule has 2 aromatic rings. The van der Waals surface area contributed by atoms with Crippen LogP contribution in [0.3, 0.4) is 0 Å². The fraction of sp³-hybridized carbons (Fsp3) is 0.429. The number of sulfone groups is 1. The van der Waals surface area contributed by atoms with Gasteiger partial charge in [-0.1, -0.05) is 30.3 Å². The van der Waals surface area contributed by atoms with E-state index in [1.807, 2.05) is 48.7 Å². The topological polar surface area (TPSA) is 94.5 Å². The fourth-order valence-electron chi connectivity index (χ4n) is 3.71. The largest absolute Gasteiger partial charge is 0.452 e. The average Bonchev–Trinajstić information content (AvgIpc) is 3.09. The van der Waals surface area contributed by atoms with E-state index in [1.54, 1.807) is 13.0 Å². The van der Waals surface area contributed by atoms with Crippen molar-refractivity contribution >= 4 is 21.7 Å². The number of carbonyl (C=O) groups is 2. The summed E-state index contributed by atoms with van der Waals surface area (Å²) in [6.07, 6.45) is 0.357. The van der Waals surface area contributed by atoms with E-state index in [2.05, 4.69) is 5.32 Å². The number of aryl methyl sites for hydroxylation is 1. The Kier molecular flexibility index (Phi) is 5.84. The predicted octanol–water partition coefficient (Wildman–Crippen LogP) is 2.00. The minimum absolute atomic E-state index is 0.0525. The van der Waals surface area contributed by atoms with Gasteiger partial charge in [0.05, 0.1) is 22.6 Å². The van der Waals surface area contributed by atoms with Gasteiger partial charge in [0, 0.05) is 17.9 Å². The lowest BCUT2D eigenvalue weighted by Crippen LogP contribution is -2.48. The Labute approximate surface area is 171 Å². The molecule has 0 radical (unpaired) electrons. The summed E-state index contributed by atoms with van der Waals surface area (Å²) in [5, 5.41) is 2.68. The first-order chi connectivity index (χ1) is 13.6. The van der Waals surface area contributed by atoms with Gasteiger partial charge in [-0.3, -0.25) is 4.79 Å². The second kappa shape index (κ2) is 8.02. The molecule has 8 heteroatoms. The number of aromatic nitrogens is 1. The number of nitrogens with zero attached hydrogens (tertiary/aromatic N) is 1. The molecular formula is C21H26N2O5S. The molecule has 1 aliphatic heterocycles. The molecule has 2 heterocycles. The molecule has 1 fully saturated rings. The monoisotopic (exact) mass is 418 g/mol. The molecule has 1 aromatic heterocycles. The number of carbonyl (C=O) groups excluding carboxylic acids is 2. The summed E-state index contributed by atoms with van der Waals surface area (Å²) in [6.45, 7) is 5.64. The maximum Gasteiger partial charge on any atom is 0.340 e. The first kappa shape index (κ1) is 21.1. The number of amides is 1. The molecule has 0 saturated carbocycles. The molecule has 156 valence electrons. The molecule has 0 spiro atoms. The van der Waals surface area contributed by atoms with Crippen LogP contribution in [-0.4, -0.2) is 48.5 Å². The van der Waals surface area contributed by atoms with Crippen LogP contribution in [0.2, 0.25) is 0 Å². The number of ether oxygens (including phenoxy) is 1. The van der Waals surface area contributed by atoms with Gasteiger partial charge in [-0.2, -0.15) is 0 Å². The fourth-order valence-corrected chi connectivity index (χ4v) is 5.80. The number of hydrogen-bond acceptors (Lipinski definition) is 5. The van der Waals surface area contributed by atoms with Gasteiger partial charge in [0.15, 0.2) is 16.4 Å². The highest BCUT2D eigenvalue weighted by atomic mass is 32.2. The van der Waals surface area contributed by atoms with Crippen molar-refractivity contribution in [1.29, 1.82) is 0 Å². The van der Waals surface area contributed by atoms with E-state index in [0.29, 0.717) is 18.5 Å². The van der Waals surface area contributed by atoms with Crippen LogP contribution in [0.4, 0.5) is 0 Å². The highest BCUT2D eigenvalue weighted by molar-refractivity contribution is 7.91. The standard InChI is InChI=1S/C21H26N2O5S/c1-15-11-18(16(2)23(15)12-17-7-5-4-6-8-17)20(25)28-13-19(24)22-21(3)9-10-29(26,27)14-21/h4-8,11H,9-10,12-14H2,1-3H3,(H,22,24)/t21-/m0/s1. The molecule has 1 saturated heterocycles. The molecule has 1 atom stereocenters. The Bertz CT molecular complexity index is 1030. The summed E-state index contributed by atoms with van der Waals surface area (Å²) in [5.41, 5.74) is 2.42. The molecule has 1 aromatic carbocycles. The zero-order chi connectivity index (χ0) is 21.2. The van der Waals surface area contributed by atoms with Gasteiger partial charge >= 0.3 is 5.97 Å². The SMILES string of the molecule is Cc1cc(C(=O)OCC(=O)N[C@@]2(C)CCS(=O)(=O)C2)c(C)n1Cc1ccccc1. The third kappa shape index (κ3) is 5.06. The van der Waals surface area contributed by atoms with E-state index >= 15 is 0 Å². The lowest BCUT2D eigenvalue weighted by molar-refractivity contribution is -0.125. The molecular weight excluding hydrogens is 392 g/mol. The van der Waals surface area contributed by atoms with Crippen molar-refractivity contribution in [1.82, 2.24) is 9.88 Å². The summed E-state index contributed by atoms with van der Waals surface area (Å²) in [4.78, 5) is 24.7. The Morgan fingerprint density at radius 1 is 1.21 bits per heavy atom. The first-order valence-electron chi connectivity index (χ1n) is 9.48. The maximum atomic E-state index is 12.5. The number of rotatable bonds is 6. The Morgan fingerprint density at radius 2 is 1.90 bits per heavy atom. The van der Waals surface area contributed by atoms with Crippen LogP contribution >= 0.6 is 0 Å². The number of esters is 1. The van der Waals surface area contributed by atoms with Gasteiger partial charge in [0.2, 0.25) is 0 Å². The van der Waals surface area contributed by atoms with Crippen molar-refractivity contribution in [2.24, 2.45) is 0 Å². The second-order valence-electron chi connectivity index (χ2n) is 7.88. The van der Waals surface area contributed by atoms with E-state index in [4.69, 9.17) is 4.74 Å². The first-order valence-corrected chi connectivity index (χ1v) is 11.3. The summed E-state index contributed by atoms with van der Waals surface area (Å²) in [7, 11) is -3.13. The predicted molar refractivity (Wildman–Crippen MR) is 110 cm³/mol. The lowest BCUT2D eigenvalue weighted by atomic mass is 10.0. The van der Waals surface area contributed by atoms with Crippen LogP contribution in [0.25, 0.3) is 0 Å². The molecule has 7 nitrogen and oxygen atoms in total. The third-order valence-corrected chi connectivity index (χ3v) is 7.16. The van der Waals surface area contributed by atoms with Crippen molar-refractivity contribution in [2.75, 3.05) is 18.1 Å². The molecule has 0 unspecified atom stereocenters. The Morgan fingerprint density at radius 3 is 2.52 bits per heavy atom. The van der Waals surface area contributed by atoms with Crippen molar-refractivity contribution in [3.63, 3.8) is 0 Å². The van der Waals surface area contributed by atoms with Gasteiger partial charge in [-0.15, -0.1) is 0 Å². The van der Waals surface area contributed by atoms with Crippen molar-refractivity contribution in [3.8, 4) is 0 Å². The van der Waals surface area contributed by atoms with Crippen LogP contribution in [0.1, 0.15) is 40.7 Å². The van der Waals surface area contributed by atoms with E-state index in [-0.39, 0.29) is 11.5 Å². The maximum absolute atomic E-state index is 12.5. The minimum Gasteiger partial charge on any atom is -0.452 e. The zero-order valence-corrected chi connectivity index (χ0v) is 17.7. The molecule has 0 bridgehead atoms. The lowest BCUT2D eigenvalue weighted by Gasteiger charge is -2.23. The summed E-state index contributed by atoms with van der Waals surface area (Å²) < 4.78 is 30.5. The van der Waals surface area contributed by atoms with Crippen molar-refractivity contribution in [3.05, 3.63) is 58.9 Å². The Balaban J connectivity index is 1.61. The van der Waals surface area contributed by atoms with Gasteiger partial charge < -0.3 is 14.6 Å². The molecule has 1 amide bonds. The summed E-state index contributed by atoms with van der Waals surface area (Å²) in [5.74, 6) is -1.12. The van der Waals surface area contributed by atoms with Gasteiger partial charge in [0.1, 0.15) is 0 Å². The quantitative estimate of drug-likeness (QED) is 0.724. The van der Waals surface area contributed by atoms with E-state index in [1.165, 1.54) is 0 Å². The molecule has 3 rings (SSSR count). The normalized spacial score (nSPS) is 20.4. The van der Waals surface area contributed by atoms with Crippen molar-refractivity contribution < 1.29 is 22.7 Å². The second-order valence-corrected chi connectivity index (χ2v) is 10.1. The van der Waals surface area contributed by atoms with Crippen LogP contribution < -0.4 is 5.32 Å². The van der Waals surface area contributed by atoms with E-state index < -0.39 is 33.9 Å². The van der Waals surface area contributed by atoms with Crippen LogP contribution in [-0.2, 0) is 25.9 Å². The highest BCUT2D eigenvalue weighted by Crippen LogP contribution is 2.23.